The van der Waals surface area contributed by atoms with Crippen LogP contribution < -0.4 is 10.2 Å². The number of pyridine rings is 2. The number of rotatable bonds is 1. The van der Waals surface area contributed by atoms with Crippen LogP contribution in [0.4, 0.5) is 5.82 Å². The van der Waals surface area contributed by atoms with Crippen LogP contribution in [0.15, 0.2) is 36.5 Å². The molecule has 4 rings (SSSR count). The Hall–Kier alpha value is -2.71. The number of anilines is 1. The van der Waals surface area contributed by atoms with Crippen molar-refractivity contribution in [3.05, 3.63) is 42.1 Å². The van der Waals surface area contributed by atoms with Crippen molar-refractivity contribution in [1.82, 2.24) is 15.3 Å². The Morgan fingerprint density at radius 2 is 2.00 bits per heavy atom. The van der Waals surface area contributed by atoms with E-state index in [9.17, 15) is 0 Å². The first-order valence-corrected chi connectivity index (χ1v) is 7.41. The van der Waals surface area contributed by atoms with Crippen molar-refractivity contribution in [2.45, 2.75) is 0 Å². The standard InChI is InChI=1S/C17H15N5/c18-11-12-3-4-15-14(10-12)13-2-1-5-20-16(13)17(21-15)22-8-6-19-7-9-22/h1-5,10,19H,6-9H2. The molecule has 3 heterocycles. The first-order valence-electron chi connectivity index (χ1n) is 7.41. The second-order valence-corrected chi connectivity index (χ2v) is 5.42. The lowest BCUT2D eigenvalue weighted by Gasteiger charge is -2.29. The Morgan fingerprint density at radius 1 is 1.14 bits per heavy atom. The third-order valence-electron chi connectivity index (χ3n) is 4.08. The van der Waals surface area contributed by atoms with Gasteiger partial charge in [-0.3, -0.25) is 4.98 Å². The quantitative estimate of drug-likeness (QED) is 0.695. The van der Waals surface area contributed by atoms with Gasteiger partial charge in [0.15, 0.2) is 5.82 Å². The molecule has 1 aliphatic rings. The van der Waals surface area contributed by atoms with Gasteiger partial charge in [-0.1, -0.05) is 6.07 Å². The molecule has 0 spiro atoms. The highest BCUT2D eigenvalue weighted by molar-refractivity contribution is 6.08. The van der Waals surface area contributed by atoms with Crippen LogP contribution in [0.1, 0.15) is 5.56 Å². The summed E-state index contributed by atoms with van der Waals surface area (Å²) < 4.78 is 0. The molecule has 5 heteroatoms. The topological polar surface area (TPSA) is 64.8 Å². The number of fused-ring (bicyclic) bond motifs is 3. The number of aromatic nitrogens is 2. The van der Waals surface area contributed by atoms with Crippen LogP contribution in [0.3, 0.4) is 0 Å². The lowest BCUT2D eigenvalue weighted by Crippen LogP contribution is -2.44. The van der Waals surface area contributed by atoms with Gasteiger partial charge in [0.25, 0.3) is 0 Å². The molecule has 108 valence electrons. The van der Waals surface area contributed by atoms with E-state index >= 15 is 0 Å². The molecule has 1 fully saturated rings. The van der Waals surface area contributed by atoms with Gasteiger partial charge in [-0.15, -0.1) is 0 Å². The summed E-state index contributed by atoms with van der Waals surface area (Å²) in [5.74, 6) is 0.939. The van der Waals surface area contributed by atoms with E-state index in [1.165, 1.54) is 0 Å². The second-order valence-electron chi connectivity index (χ2n) is 5.42. The summed E-state index contributed by atoms with van der Waals surface area (Å²) in [5, 5.41) is 14.5. The monoisotopic (exact) mass is 289 g/mol. The molecule has 0 aliphatic carbocycles. The molecular weight excluding hydrogens is 274 g/mol. The maximum absolute atomic E-state index is 9.13. The van der Waals surface area contributed by atoms with E-state index in [4.69, 9.17) is 10.2 Å². The van der Waals surface area contributed by atoms with Crippen molar-refractivity contribution in [2.75, 3.05) is 31.1 Å². The van der Waals surface area contributed by atoms with E-state index in [2.05, 4.69) is 27.3 Å². The zero-order valence-electron chi connectivity index (χ0n) is 12.1. The summed E-state index contributed by atoms with van der Waals surface area (Å²) in [6, 6.07) is 11.8. The number of hydrogen-bond acceptors (Lipinski definition) is 5. The predicted octanol–water partition coefficient (Wildman–Crippen LogP) is 2.06. The largest absolute Gasteiger partial charge is 0.352 e. The molecule has 2 aromatic heterocycles. The minimum absolute atomic E-state index is 0.648. The number of nitrogens with one attached hydrogen (secondary N) is 1. The number of nitriles is 1. The molecule has 1 N–H and O–H groups in total. The SMILES string of the molecule is N#Cc1ccc2nc(N3CCNCC3)c3ncccc3c2c1. The fourth-order valence-corrected chi connectivity index (χ4v) is 2.98. The van der Waals surface area contributed by atoms with Crippen LogP contribution in [-0.4, -0.2) is 36.1 Å². The maximum atomic E-state index is 9.13. The Balaban J connectivity index is 2.02. The minimum atomic E-state index is 0.648. The summed E-state index contributed by atoms with van der Waals surface area (Å²) in [5.41, 5.74) is 2.47. The lowest BCUT2D eigenvalue weighted by atomic mass is 10.1. The summed E-state index contributed by atoms with van der Waals surface area (Å²) >= 11 is 0. The number of nitrogens with zero attached hydrogens (tertiary/aromatic N) is 4. The highest BCUT2D eigenvalue weighted by Crippen LogP contribution is 2.30. The molecule has 0 radical (unpaired) electrons. The van der Waals surface area contributed by atoms with Crippen LogP contribution in [0.25, 0.3) is 21.8 Å². The van der Waals surface area contributed by atoms with E-state index in [0.717, 1.165) is 53.8 Å². The van der Waals surface area contributed by atoms with Crippen LogP contribution in [0.5, 0.6) is 0 Å². The van der Waals surface area contributed by atoms with Gasteiger partial charge in [0, 0.05) is 43.1 Å². The van der Waals surface area contributed by atoms with E-state index in [1.54, 1.807) is 6.20 Å². The minimum Gasteiger partial charge on any atom is -0.352 e. The van der Waals surface area contributed by atoms with Gasteiger partial charge in [-0.25, -0.2) is 4.98 Å². The fourth-order valence-electron chi connectivity index (χ4n) is 2.98. The van der Waals surface area contributed by atoms with Crippen molar-refractivity contribution >= 4 is 27.6 Å². The Morgan fingerprint density at radius 3 is 2.82 bits per heavy atom. The maximum Gasteiger partial charge on any atom is 0.155 e. The van der Waals surface area contributed by atoms with Crippen molar-refractivity contribution < 1.29 is 0 Å². The number of benzene rings is 1. The summed E-state index contributed by atoms with van der Waals surface area (Å²) in [6.07, 6.45) is 1.80. The summed E-state index contributed by atoms with van der Waals surface area (Å²) in [6.45, 7) is 3.78. The van der Waals surface area contributed by atoms with Crippen molar-refractivity contribution in [2.24, 2.45) is 0 Å². The van der Waals surface area contributed by atoms with Gasteiger partial charge in [0.05, 0.1) is 17.1 Å². The molecule has 0 saturated carbocycles. The van der Waals surface area contributed by atoms with Gasteiger partial charge in [-0.05, 0) is 24.3 Å². The van der Waals surface area contributed by atoms with Crippen LogP contribution in [0.2, 0.25) is 0 Å². The fraction of sp³-hybridized carbons (Fsp3) is 0.235. The molecule has 0 atom stereocenters. The first-order chi connectivity index (χ1) is 10.9. The Labute approximate surface area is 128 Å². The van der Waals surface area contributed by atoms with E-state index in [0.29, 0.717) is 5.56 Å². The van der Waals surface area contributed by atoms with Crippen molar-refractivity contribution in [3.63, 3.8) is 0 Å². The van der Waals surface area contributed by atoms with Gasteiger partial charge in [0.1, 0.15) is 5.52 Å². The van der Waals surface area contributed by atoms with Crippen LogP contribution in [0, 0.1) is 11.3 Å². The number of hydrogen-bond donors (Lipinski definition) is 1. The molecular formula is C17H15N5. The third-order valence-corrected chi connectivity index (χ3v) is 4.08. The van der Waals surface area contributed by atoms with Crippen LogP contribution in [-0.2, 0) is 0 Å². The molecule has 5 nitrogen and oxygen atoms in total. The lowest BCUT2D eigenvalue weighted by molar-refractivity contribution is 0.586. The van der Waals surface area contributed by atoms with Crippen molar-refractivity contribution in [3.8, 4) is 6.07 Å². The third kappa shape index (κ3) is 2.05. The van der Waals surface area contributed by atoms with Gasteiger partial charge in [-0.2, -0.15) is 5.26 Å². The highest BCUT2D eigenvalue weighted by atomic mass is 15.2. The molecule has 1 saturated heterocycles. The van der Waals surface area contributed by atoms with E-state index < -0.39 is 0 Å². The molecule has 0 unspecified atom stereocenters. The molecule has 22 heavy (non-hydrogen) atoms. The normalized spacial score (nSPS) is 15.1. The van der Waals surface area contributed by atoms with Crippen LogP contribution >= 0.6 is 0 Å². The average molecular weight is 289 g/mol. The average Bonchev–Trinajstić information content (AvgIpc) is 2.61. The van der Waals surface area contributed by atoms with Gasteiger partial charge < -0.3 is 10.2 Å². The molecule has 3 aromatic rings. The summed E-state index contributed by atoms with van der Waals surface area (Å²) in [7, 11) is 0. The zero-order valence-corrected chi connectivity index (χ0v) is 12.1. The van der Waals surface area contributed by atoms with Gasteiger partial charge >= 0.3 is 0 Å². The smallest absolute Gasteiger partial charge is 0.155 e. The second kappa shape index (κ2) is 5.24. The highest BCUT2D eigenvalue weighted by Gasteiger charge is 2.17. The summed E-state index contributed by atoms with van der Waals surface area (Å²) in [4.78, 5) is 11.7. The molecule has 1 aromatic carbocycles. The Kier molecular flexibility index (Phi) is 3.10. The molecule has 1 aliphatic heterocycles. The molecule has 0 amide bonds. The zero-order chi connectivity index (χ0) is 14.9. The van der Waals surface area contributed by atoms with Crippen molar-refractivity contribution in [1.29, 1.82) is 5.26 Å². The van der Waals surface area contributed by atoms with Gasteiger partial charge in [0.2, 0.25) is 0 Å². The number of piperazine rings is 1. The predicted molar refractivity (Wildman–Crippen MR) is 86.8 cm³/mol. The van der Waals surface area contributed by atoms with E-state index in [-0.39, 0.29) is 0 Å². The first kappa shape index (κ1) is 13.0. The van der Waals surface area contributed by atoms with E-state index in [1.807, 2.05) is 24.3 Å². The Bertz CT molecular complexity index is 891. The molecule has 0 bridgehead atoms.